The van der Waals surface area contributed by atoms with Gasteiger partial charge in [-0.05, 0) is 30.3 Å². The Kier molecular flexibility index (Phi) is 4.28. The SMILES string of the molecule is CNc1c(C(=O)c2cc3ccccc3[nH]2)cnn1-c1ccc2[nH]c(C(=O)OC)nc2c1. The predicted molar refractivity (Wildman–Crippen MR) is 116 cm³/mol. The maximum Gasteiger partial charge on any atom is 0.374 e. The summed E-state index contributed by atoms with van der Waals surface area (Å²) in [7, 11) is 3.04. The van der Waals surface area contributed by atoms with Gasteiger partial charge >= 0.3 is 5.97 Å². The van der Waals surface area contributed by atoms with Gasteiger partial charge in [-0.15, -0.1) is 0 Å². The fourth-order valence-corrected chi connectivity index (χ4v) is 3.61. The van der Waals surface area contributed by atoms with Crippen LogP contribution in [-0.2, 0) is 4.74 Å². The molecule has 5 aromatic rings. The molecule has 3 heterocycles. The molecule has 9 heteroatoms. The molecule has 0 unspecified atom stereocenters. The van der Waals surface area contributed by atoms with E-state index in [0.29, 0.717) is 33.8 Å². The number of methoxy groups -OCH3 is 1. The van der Waals surface area contributed by atoms with E-state index in [2.05, 4.69) is 25.4 Å². The second kappa shape index (κ2) is 7.13. The second-order valence-corrected chi connectivity index (χ2v) is 6.95. The molecule has 2 aromatic carbocycles. The summed E-state index contributed by atoms with van der Waals surface area (Å²) in [5.74, 6) is -0.0371. The van der Waals surface area contributed by atoms with E-state index in [-0.39, 0.29) is 11.6 Å². The number of anilines is 1. The number of ketones is 1. The average molecular weight is 414 g/mol. The van der Waals surface area contributed by atoms with Gasteiger partial charge in [-0.2, -0.15) is 5.10 Å². The van der Waals surface area contributed by atoms with E-state index >= 15 is 0 Å². The number of benzene rings is 2. The largest absolute Gasteiger partial charge is 0.463 e. The number of nitrogens with one attached hydrogen (secondary N) is 3. The van der Waals surface area contributed by atoms with Crippen molar-refractivity contribution in [3.8, 4) is 5.69 Å². The van der Waals surface area contributed by atoms with E-state index in [9.17, 15) is 9.59 Å². The molecule has 3 N–H and O–H groups in total. The predicted octanol–water partition coefficient (Wildman–Crippen LogP) is 3.29. The third-order valence-corrected chi connectivity index (χ3v) is 5.12. The Morgan fingerprint density at radius 2 is 1.90 bits per heavy atom. The highest BCUT2D eigenvalue weighted by molar-refractivity contribution is 6.12. The van der Waals surface area contributed by atoms with Crippen LogP contribution in [0.3, 0.4) is 0 Å². The topological polar surface area (TPSA) is 118 Å². The number of carbonyl (C=O) groups excluding carboxylic acids is 2. The first-order valence-electron chi connectivity index (χ1n) is 9.55. The van der Waals surface area contributed by atoms with E-state index in [1.807, 2.05) is 36.4 Å². The van der Waals surface area contributed by atoms with Crippen LogP contribution in [0.5, 0.6) is 0 Å². The average Bonchev–Trinajstić information content (AvgIpc) is 3.52. The summed E-state index contributed by atoms with van der Waals surface area (Å²) in [4.78, 5) is 35.3. The Labute approximate surface area is 176 Å². The molecule has 0 saturated carbocycles. The Bertz CT molecular complexity index is 1430. The van der Waals surface area contributed by atoms with Gasteiger partial charge in [-0.1, -0.05) is 18.2 Å². The van der Waals surface area contributed by atoms with Crippen LogP contribution in [0.1, 0.15) is 26.7 Å². The smallest absolute Gasteiger partial charge is 0.374 e. The van der Waals surface area contributed by atoms with E-state index in [4.69, 9.17) is 4.74 Å². The van der Waals surface area contributed by atoms with Crippen LogP contribution in [0, 0.1) is 0 Å². The summed E-state index contributed by atoms with van der Waals surface area (Å²) in [5, 5.41) is 8.45. The molecule has 0 amide bonds. The molecule has 0 aliphatic rings. The minimum Gasteiger partial charge on any atom is -0.463 e. The van der Waals surface area contributed by atoms with Gasteiger partial charge in [0.25, 0.3) is 0 Å². The monoisotopic (exact) mass is 414 g/mol. The van der Waals surface area contributed by atoms with E-state index in [1.54, 1.807) is 23.9 Å². The number of hydrogen-bond acceptors (Lipinski definition) is 6. The van der Waals surface area contributed by atoms with Crippen molar-refractivity contribution < 1.29 is 14.3 Å². The molecule has 0 aliphatic heterocycles. The molecular weight excluding hydrogens is 396 g/mol. The molecule has 9 nitrogen and oxygen atoms in total. The lowest BCUT2D eigenvalue weighted by molar-refractivity contribution is 0.0588. The zero-order chi connectivity index (χ0) is 21.5. The van der Waals surface area contributed by atoms with Crippen molar-refractivity contribution in [3.05, 3.63) is 71.8 Å². The van der Waals surface area contributed by atoms with Crippen molar-refractivity contribution >= 4 is 39.5 Å². The summed E-state index contributed by atoms with van der Waals surface area (Å²) in [6, 6.07) is 15.0. The van der Waals surface area contributed by atoms with E-state index < -0.39 is 5.97 Å². The lowest BCUT2D eigenvalue weighted by Crippen LogP contribution is -2.08. The zero-order valence-electron chi connectivity index (χ0n) is 16.8. The highest BCUT2D eigenvalue weighted by Crippen LogP contribution is 2.26. The number of aromatic amines is 2. The third kappa shape index (κ3) is 3.03. The van der Waals surface area contributed by atoms with Crippen LogP contribution in [0.25, 0.3) is 27.6 Å². The first-order chi connectivity index (χ1) is 15.1. The molecule has 0 aliphatic carbocycles. The fraction of sp³-hybridized carbons (Fsp3) is 0.0909. The summed E-state index contributed by atoms with van der Waals surface area (Å²) in [6.45, 7) is 0. The number of esters is 1. The lowest BCUT2D eigenvalue weighted by Gasteiger charge is -2.08. The number of ether oxygens (including phenoxy) is 1. The molecule has 0 saturated heterocycles. The Morgan fingerprint density at radius 3 is 2.68 bits per heavy atom. The van der Waals surface area contributed by atoms with Crippen molar-refractivity contribution in [1.82, 2.24) is 24.7 Å². The number of carbonyl (C=O) groups is 2. The molecule has 0 radical (unpaired) electrons. The zero-order valence-corrected chi connectivity index (χ0v) is 16.8. The van der Waals surface area contributed by atoms with Crippen LogP contribution in [0.2, 0.25) is 0 Å². The molecule has 0 bridgehead atoms. The Morgan fingerprint density at radius 1 is 1.06 bits per heavy atom. The van der Waals surface area contributed by atoms with Gasteiger partial charge in [-0.25, -0.2) is 14.5 Å². The highest BCUT2D eigenvalue weighted by Gasteiger charge is 2.21. The Balaban J connectivity index is 1.55. The van der Waals surface area contributed by atoms with Crippen molar-refractivity contribution in [2.24, 2.45) is 0 Å². The van der Waals surface area contributed by atoms with E-state index in [1.165, 1.54) is 13.3 Å². The molecule has 0 atom stereocenters. The minimum absolute atomic E-state index is 0.124. The van der Waals surface area contributed by atoms with Gasteiger partial charge in [-0.3, -0.25) is 4.79 Å². The number of nitrogens with zero attached hydrogens (tertiary/aromatic N) is 3. The first kappa shape index (κ1) is 18.6. The molecule has 0 fully saturated rings. The number of aromatic nitrogens is 5. The quantitative estimate of drug-likeness (QED) is 0.300. The molecule has 31 heavy (non-hydrogen) atoms. The number of fused-ring (bicyclic) bond motifs is 2. The molecular formula is C22H18N6O3. The number of rotatable bonds is 5. The van der Waals surface area contributed by atoms with Crippen molar-refractivity contribution in [2.75, 3.05) is 19.5 Å². The molecule has 154 valence electrons. The van der Waals surface area contributed by atoms with Gasteiger partial charge in [0.15, 0.2) is 0 Å². The standard InChI is InChI=1S/C22H18N6O3/c1-23-21-14(19(29)18-9-12-5-3-4-6-15(12)25-18)11-24-28(21)13-7-8-16-17(10-13)27-20(26-16)22(30)31-2/h3-11,23,25H,1-2H3,(H,26,27). The van der Waals surface area contributed by atoms with Crippen LogP contribution >= 0.6 is 0 Å². The molecule has 0 spiro atoms. The number of para-hydroxylation sites is 1. The van der Waals surface area contributed by atoms with Gasteiger partial charge < -0.3 is 20.0 Å². The number of H-pyrrole nitrogens is 2. The number of imidazole rings is 1. The van der Waals surface area contributed by atoms with Crippen molar-refractivity contribution in [2.45, 2.75) is 0 Å². The van der Waals surface area contributed by atoms with Crippen LogP contribution in [0.15, 0.2) is 54.7 Å². The summed E-state index contributed by atoms with van der Waals surface area (Å²) < 4.78 is 6.34. The van der Waals surface area contributed by atoms with Gasteiger partial charge in [0.05, 0.1) is 41.3 Å². The summed E-state index contributed by atoms with van der Waals surface area (Å²) in [6.07, 6.45) is 1.54. The van der Waals surface area contributed by atoms with Crippen molar-refractivity contribution in [1.29, 1.82) is 0 Å². The maximum atomic E-state index is 13.2. The van der Waals surface area contributed by atoms with Gasteiger partial charge in [0.1, 0.15) is 5.82 Å². The van der Waals surface area contributed by atoms with E-state index in [0.717, 1.165) is 10.9 Å². The number of hydrogen-bond donors (Lipinski definition) is 3. The summed E-state index contributed by atoms with van der Waals surface area (Å²) >= 11 is 0. The van der Waals surface area contributed by atoms with Crippen LogP contribution < -0.4 is 5.32 Å². The normalized spacial score (nSPS) is 11.2. The lowest BCUT2D eigenvalue weighted by atomic mass is 10.1. The van der Waals surface area contributed by atoms with Gasteiger partial charge in [0.2, 0.25) is 11.6 Å². The first-order valence-corrected chi connectivity index (χ1v) is 9.55. The third-order valence-electron chi connectivity index (χ3n) is 5.12. The molecule has 3 aromatic heterocycles. The van der Waals surface area contributed by atoms with Gasteiger partial charge in [0, 0.05) is 18.0 Å². The van der Waals surface area contributed by atoms with Crippen molar-refractivity contribution in [3.63, 3.8) is 0 Å². The minimum atomic E-state index is -0.543. The molecule has 5 rings (SSSR count). The summed E-state index contributed by atoms with van der Waals surface area (Å²) in [5.41, 5.74) is 3.79. The fourth-order valence-electron chi connectivity index (χ4n) is 3.61. The van der Waals surface area contributed by atoms with Crippen LogP contribution in [-0.4, -0.2) is 50.6 Å². The maximum absolute atomic E-state index is 13.2. The van der Waals surface area contributed by atoms with Crippen LogP contribution in [0.4, 0.5) is 5.82 Å². The highest BCUT2D eigenvalue weighted by atomic mass is 16.5. The second-order valence-electron chi connectivity index (χ2n) is 6.95. The Hall–Kier alpha value is -4.40.